The second-order valence-electron chi connectivity index (χ2n) is 7.33. The molecule has 2 heterocycles. The van der Waals surface area contributed by atoms with Crippen LogP contribution in [0, 0.1) is 0 Å². The van der Waals surface area contributed by atoms with Crippen LogP contribution in [-0.2, 0) is 16.2 Å². The molecule has 0 aromatic heterocycles. The van der Waals surface area contributed by atoms with Gasteiger partial charge in [0.2, 0.25) is 0 Å². The van der Waals surface area contributed by atoms with E-state index < -0.39 is 5.54 Å². The molecular formula is C19H24N4O4. The van der Waals surface area contributed by atoms with Crippen LogP contribution in [0.2, 0.25) is 0 Å². The Morgan fingerprint density at radius 1 is 1.19 bits per heavy atom. The topological polar surface area (TPSA) is 91.0 Å². The molecule has 27 heavy (non-hydrogen) atoms. The van der Waals surface area contributed by atoms with Gasteiger partial charge in [-0.3, -0.25) is 9.63 Å². The molecule has 8 nitrogen and oxygen atoms in total. The highest BCUT2D eigenvalue weighted by molar-refractivity contribution is 6.23. The van der Waals surface area contributed by atoms with Gasteiger partial charge in [0.15, 0.2) is 0 Å². The maximum Gasteiger partial charge on any atom is 0.341 e. The third kappa shape index (κ3) is 3.37. The van der Waals surface area contributed by atoms with Crippen LogP contribution in [0.1, 0.15) is 44.1 Å². The molecule has 0 atom stereocenters. The molecule has 1 aromatic rings. The Morgan fingerprint density at radius 2 is 2.00 bits per heavy atom. The van der Waals surface area contributed by atoms with E-state index in [1.54, 1.807) is 18.2 Å². The molecule has 3 aliphatic rings. The summed E-state index contributed by atoms with van der Waals surface area (Å²) in [6, 6.07) is 6.50. The van der Waals surface area contributed by atoms with Crippen LogP contribution in [0.25, 0.3) is 0 Å². The first-order chi connectivity index (χ1) is 13.1. The fraction of sp³-hybridized carbons (Fsp3) is 0.526. The number of carbonyl (C=O) groups is 3. The Morgan fingerprint density at radius 3 is 2.74 bits per heavy atom. The first-order valence-corrected chi connectivity index (χ1v) is 9.53. The number of amides is 5. The SMILES string of the molecule is O=C(NCc1cccc(N2C(=O)NC3(CCCC3)C2=O)c1)N1CCCCO1. The van der Waals surface area contributed by atoms with Gasteiger partial charge in [-0.05, 0) is 43.4 Å². The molecule has 0 radical (unpaired) electrons. The van der Waals surface area contributed by atoms with Crippen molar-refractivity contribution in [1.29, 1.82) is 0 Å². The molecule has 144 valence electrons. The Balaban J connectivity index is 1.44. The van der Waals surface area contributed by atoms with Crippen LogP contribution in [-0.4, -0.2) is 41.7 Å². The molecule has 4 rings (SSSR count). The van der Waals surface area contributed by atoms with Gasteiger partial charge in [0.1, 0.15) is 5.54 Å². The summed E-state index contributed by atoms with van der Waals surface area (Å²) in [6.45, 7) is 1.43. The van der Waals surface area contributed by atoms with Gasteiger partial charge in [0.25, 0.3) is 5.91 Å². The fourth-order valence-electron chi connectivity index (χ4n) is 4.00. The van der Waals surface area contributed by atoms with Crippen LogP contribution >= 0.6 is 0 Å². The summed E-state index contributed by atoms with van der Waals surface area (Å²) in [6.07, 6.45) is 5.17. The van der Waals surface area contributed by atoms with Gasteiger partial charge in [0.05, 0.1) is 18.8 Å². The van der Waals surface area contributed by atoms with Gasteiger partial charge >= 0.3 is 12.1 Å². The lowest BCUT2D eigenvalue weighted by atomic mass is 9.98. The maximum absolute atomic E-state index is 12.9. The van der Waals surface area contributed by atoms with E-state index in [2.05, 4.69) is 10.6 Å². The number of carbonyl (C=O) groups excluding carboxylic acids is 3. The quantitative estimate of drug-likeness (QED) is 0.797. The van der Waals surface area contributed by atoms with E-state index >= 15 is 0 Å². The average molecular weight is 372 g/mol. The minimum atomic E-state index is -0.729. The molecule has 0 unspecified atom stereocenters. The number of imide groups is 1. The Bertz CT molecular complexity index is 754. The molecule has 8 heteroatoms. The third-order valence-electron chi connectivity index (χ3n) is 5.46. The summed E-state index contributed by atoms with van der Waals surface area (Å²) in [5, 5.41) is 7.04. The molecule has 2 aliphatic heterocycles. The number of nitrogens with one attached hydrogen (secondary N) is 2. The largest absolute Gasteiger partial charge is 0.341 e. The van der Waals surface area contributed by atoms with Crippen molar-refractivity contribution in [1.82, 2.24) is 15.7 Å². The van der Waals surface area contributed by atoms with Gasteiger partial charge in [-0.25, -0.2) is 19.6 Å². The number of benzene rings is 1. The van der Waals surface area contributed by atoms with Crippen LogP contribution < -0.4 is 15.5 Å². The number of rotatable bonds is 3. The summed E-state index contributed by atoms with van der Waals surface area (Å²) < 4.78 is 0. The van der Waals surface area contributed by atoms with Crippen molar-refractivity contribution < 1.29 is 19.2 Å². The fourth-order valence-corrected chi connectivity index (χ4v) is 4.00. The van der Waals surface area contributed by atoms with Crippen molar-refractivity contribution in [2.45, 2.75) is 50.6 Å². The number of nitrogens with zero attached hydrogens (tertiary/aromatic N) is 2. The second-order valence-corrected chi connectivity index (χ2v) is 7.33. The van der Waals surface area contributed by atoms with E-state index in [-0.39, 0.29) is 18.0 Å². The van der Waals surface area contributed by atoms with Gasteiger partial charge in [0, 0.05) is 6.54 Å². The molecule has 3 fully saturated rings. The molecule has 1 spiro atoms. The Hall–Kier alpha value is -2.61. The van der Waals surface area contributed by atoms with Gasteiger partial charge in [-0.1, -0.05) is 25.0 Å². The molecule has 0 bridgehead atoms. The van der Waals surface area contributed by atoms with Crippen molar-refractivity contribution in [3.63, 3.8) is 0 Å². The second kappa shape index (κ2) is 7.19. The zero-order valence-electron chi connectivity index (χ0n) is 15.2. The summed E-state index contributed by atoms with van der Waals surface area (Å²) in [5.41, 5.74) is 0.612. The van der Waals surface area contributed by atoms with Crippen LogP contribution in [0.4, 0.5) is 15.3 Å². The van der Waals surface area contributed by atoms with Crippen molar-refractivity contribution >= 4 is 23.7 Å². The highest BCUT2D eigenvalue weighted by Gasteiger charge is 2.52. The summed E-state index contributed by atoms with van der Waals surface area (Å²) in [7, 11) is 0. The normalized spacial score (nSPS) is 21.6. The van der Waals surface area contributed by atoms with Crippen LogP contribution in [0.15, 0.2) is 24.3 Å². The number of hydroxylamine groups is 2. The molecule has 1 aliphatic carbocycles. The number of hydrogen-bond donors (Lipinski definition) is 2. The molecule has 2 N–H and O–H groups in total. The molecule has 1 aromatic carbocycles. The lowest BCUT2D eigenvalue weighted by molar-refractivity contribution is -0.139. The van der Waals surface area contributed by atoms with E-state index in [0.717, 1.165) is 31.2 Å². The van der Waals surface area contributed by atoms with Crippen molar-refractivity contribution in [3.8, 4) is 0 Å². The lowest BCUT2D eigenvalue weighted by Crippen LogP contribution is -2.44. The van der Waals surface area contributed by atoms with E-state index in [1.807, 2.05) is 6.07 Å². The van der Waals surface area contributed by atoms with E-state index in [1.165, 1.54) is 9.96 Å². The summed E-state index contributed by atoms with van der Waals surface area (Å²) >= 11 is 0. The van der Waals surface area contributed by atoms with Crippen molar-refractivity contribution in [3.05, 3.63) is 29.8 Å². The molecule has 2 saturated heterocycles. The van der Waals surface area contributed by atoms with Gasteiger partial charge < -0.3 is 10.6 Å². The molecule has 5 amide bonds. The maximum atomic E-state index is 12.9. The minimum absolute atomic E-state index is 0.173. The predicted molar refractivity (Wildman–Crippen MR) is 97.8 cm³/mol. The number of anilines is 1. The van der Waals surface area contributed by atoms with Crippen molar-refractivity contribution in [2.75, 3.05) is 18.1 Å². The lowest BCUT2D eigenvalue weighted by Gasteiger charge is -2.26. The first kappa shape index (κ1) is 17.8. The average Bonchev–Trinajstić information content (AvgIpc) is 3.25. The zero-order valence-corrected chi connectivity index (χ0v) is 15.2. The highest BCUT2D eigenvalue weighted by atomic mass is 16.7. The monoisotopic (exact) mass is 372 g/mol. The first-order valence-electron chi connectivity index (χ1n) is 9.53. The van der Waals surface area contributed by atoms with Gasteiger partial charge in [-0.15, -0.1) is 0 Å². The minimum Gasteiger partial charge on any atom is -0.332 e. The molecular weight excluding hydrogens is 348 g/mol. The zero-order chi connectivity index (χ0) is 18.9. The van der Waals surface area contributed by atoms with E-state index in [4.69, 9.17) is 4.84 Å². The number of urea groups is 2. The van der Waals surface area contributed by atoms with Gasteiger partial charge in [-0.2, -0.15) is 0 Å². The highest BCUT2D eigenvalue weighted by Crippen LogP contribution is 2.37. The standard InChI is InChI=1S/C19H24N4O4/c24-16-19(8-1-2-9-19)21-18(26)23(16)15-7-5-6-14(12-15)13-20-17(25)22-10-3-4-11-27-22/h5-7,12H,1-4,8-11,13H2,(H,20,25)(H,21,26). The van der Waals surface area contributed by atoms with E-state index in [0.29, 0.717) is 38.2 Å². The third-order valence-corrected chi connectivity index (χ3v) is 5.46. The van der Waals surface area contributed by atoms with Crippen LogP contribution in [0.3, 0.4) is 0 Å². The van der Waals surface area contributed by atoms with Crippen LogP contribution in [0.5, 0.6) is 0 Å². The Labute approximate surface area is 157 Å². The summed E-state index contributed by atoms with van der Waals surface area (Å²) in [4.78, 5) is 44.0. The Kier molecular flexibility index (Phi) is 4.73. The molecule has 1 saturated carbocycles. The smallest absolute Gasteiger partial charge is 0.332 e. The summed E-state index contributed by atoms with van der Waals surface area (Å²) in [5.74, 6) is -0.173. The number of hydrogen-bond acceptors (Lipinski definition) is 4. The predicted octanol–water partition coefficient (Wildman–Crippen LogP) is 2.29. The van der Waals surface area contributed by atoms with Crippen molar-refractivity contribution in [2.24, 2.45) is 0 Å². The van der Waals surface area contributed by atoms with E-state index in [9.17, 15) is 14.4 Å².